The second-order valence-corrected chi connectivity index (χ2v) is 7.74. The van der Waals surface area contributed by atoms with Crippen LogP contribution in [0.2, 0.25) is 5.02 Å². The summed E-state index contributed by atoms with van der Waals surface area (Å²) < 4.78 is 5.64. The van der Waals surface area contributed by atoms with E-state index in [1.807, 2.05) is 24.3 Å². The molecule has 0 saturated carbocycles. The number of hydrogen-bond donors (Lipinski definition) is 1. The van der Waals surface area contributed by atoms with Crippen LogP contribution in [-0.2, 0) is 19.5 Å². The highest BCUT2D eigenvalue weighted by molar-refractivity contribution is 6.30. The molecule has 1 aliphatic heterocycles. The molecule has 1 N–H and O–H groups in total. The number of benzene rings is 2. The number of ether oxygens (including phenoxy) is 1. The smallest absolute Gasteiger partial charge is 0.255 e. The first-order valence-corrected chi connectivity index (χ1v) is 10.3. The highest BCUT2D eigenvalue weighted by Crippen LogP contribution is 2.22. The molecule has 6 heteroatoms. The van der Waals surface area contributed by atoms with Gasteiger partial charge >= 0.3 is 0 Å². The maximum atomic E-state index is 12.7. The van der Waals surface area contributed by atoms with Gasteiger partial charge in [0.05, 0.1) is 17.9 Å². The van der Waals surface area contributed by atoms with Crippen molar-refractivity contribution in [1.82, 2.24) is 14.9 Å². The van der Waals surface area contributed by atoms with Crippen molar-refractivity contribution in [3.05, 3.63) is 80.7 Å². The standard InChI is InChI=1S/C23H24ClN3O2/c1-2-13-29-19-9-3-16(4-10-19)14-27-12-11-21-20(15-27)23(28)26-22(25-21)17-5-7-18(24)8-6-17/h3-10H,2,11-15H2,1H3,(H,25,26,28). The molecule has 3 aromatic rings. The second-order valence-electron chi connectivity index (χ2n) is 7.30. The van der Waals surface area contributed by atoms with E-state index in [1.54, 1.807) is 12.1 Å². The third-order valence-corrected chi connectivity index (χ3v) is 5.32. The summed E-state index contributed by atoms with van der Waals surface area (Å²) in [6.07, 6.45) is 1.76. The van der Waals surface area contributed by atoms with Crippen molar-refractivity contribution in [1.29, 1.82) is 0 Å². The van der Waals surface area contributed by atoms with Crippen LogP contribution in [0.3, 0.4) is 0 Å². The molecule has 1 aromatic heterocycles. The number of nitrogens with one attached hydrogen (secondary N) is 1. The Bertz CT molecular complexity index is 1030. The highest BCUT2D eigenvalue weighted by atomic mass is 35.5. The van der Waals surface area contributed by atoms with Crippen LogP contribution in [0.4, 0.5) is 0 Å². The zero-order valence-corrected chi connectivity index (χ0v) is 17.2. The Hall–Kier alpha value is -2.63. The molecule has 0 amide bonds. The van der Waals surface area contributed by atoms with Crippen molar-refractivity contribution in [3.63, 3.8) is 0 Å². The minimum Gasteiger partial charge on any atom is -0.494 e. The second kappa shape index (κ2) is 8.80. The molecule has 0 atom stereocenters. The van der Waals surface area contributed by atoms with Gasteiger partial charge in [0.25, 0.3) is 5.56 Å². The predicted molar refractivity (Wildman–Crippen MR) is 115 cm³/mol. The molecule has 29 heavy (non-hydrogen) atoms. The lowest BCUT2D eigenvalue weighted by molar-refractivity contribution is 0.241. The molecule has 0 aliphatic carbocycles. The summed E-state index contributed by atoms with van der Waals surface area (Å²) in [4.78, 5) is 22.6. The third-order valence-electron chi connectivity index (χ3n) is 5.07. The number of nitrogens with zero attached hydrogens (tertiary/aromatic N) is 2. The molecule has 0 radical (unpaired) electrons. The molecule has 0 saturated heterocycles. The predicted octanol–water partition coefficient (Wildman–Crippen LogP) is 4.44. The number of hydrogen-bond acceptors (Lipinski definition) is 4. The minimum atomic E-state index is -0.0621. The molecule has 1 aliphatic rings. The van der Waals surface area contributed by atoms with Crippen LogP contribution in [-0.4, -0.2) is 28.0 Å². The molecule has 0 unspecified atom stereocenters. The lowest BCUT2D eigenvalue weighted by atomic mass is 10.1. The fourth-order valence-corrected chi connectivity index (χ4v) is 3.66. The summed E-state index contributed by atoms with van der Waals surface area (Å²) in [6, 6.07) is 15.5. The van der Waals surface area contributed by atoms with Crippen molar-refractivity contribution in [2.75, 3.05) is 13.2 Å². The molecule has 5 nitrogen and oxygen atoms in total. The van der Waals surface area contributed by atoms with Gasteiger partial charge in [-0.05, 0) is 48.4 Å². The first-order valence-electron chi connectivity index (χ1n) is 9.94. The van der Waals surface area contributed by atoms with Gasteiger partial charge in [-0.1, -0.05) is 30.7 Å². The molecule has 2 aromatic carbocycles. The van der Waals surface area contributed by atoms with Crippen LogP contribution < -0.4 is 10.3 Å². The fraction of sp³-hybridized carbons (Fsp3) is 0.304. The van der Waals surface area contributed by atoms with Crippen LogP contribution in [0.25, 0.3) is 11.4 Å². The van der Waals surface area contributed by atoms with Gasteiger partial charge in [0.1, 0.15) is 11.6 Å². The topological polar surface area (TPSA) is 58.2 Å². The van der Waals surface area contributed by atoms with E-state index < -0.39 is 0 Å². The maximum Gasteiger partial charge on any atom is 0.255 e. The van der Waals surface area contributed by atoms with Crippen LogP contribution in [0, 0.1) is 0 Å². The SMILES string of the molecule is CCCOc1ccc(CN2CCc3nc(-c4ccc(Cl)cc4)[nH]c(=O)c3C2)cc1. The van der Waals surface area contributed by atoms with Crippen molar-refractivity contribution in [3.8, 4) is 17.1 Å². The van der Waals surface area contributed by atoms with E-state index in [0.717, 1.165) is 55.1 Å². The summed E-state index contributed by atoms with van der Waals surface area (Å²) in [7, 11) is 0. The lowest BCUT2D eigenvalue weighted by Crippen LogP contribution is -2.35. The van der Waals surface area contributed by atoms with Crippen molar-refractivity contribution in [2.45, 2.75) is 32.9 Å². The molecular formula is C23H24ClN3O2. The quantitative estimate of drug-likeness (QED) is 0.654. The molecule has 0 spiro atoms. The number of aromatic nitrogens is 2. The van der Waals surface area contributed by atoms with Crippen molar-refractivity contribution < 1.29 is 4.74 Å². The van der Waals surface area contributed by atoms with E-state index >= 15 is 0 Å². The van der Waals surface area contributed by atoms with Crippen molar-refractivity contribution >= 4 is 11.6 Å². The van der Waals surface area contributed by atoms with Gasteiger partial charge in [-0.3, -0.25) is 9.69 Å². The molecular weight excluding hydrogens is 386 g/mol. The van der Waals surface area contributed by atoms with E-state index in [4.69, 9.17) is 21.3 Å². The number of aromatic amines is 1. The Balaban J connectivity index is 1.47. The molecule has 150 valence electrons. The molecule has 0 bridgehead atoms. The van der Waals surface area contributed by atoms with Crippen LogP contribution in [0.15, 0.2) is 53.3 Å². The Morgan fingerprint density at radius 3 is 2.62 bits per heavy atom. The van der Waals surface area contributed by atoms with E-state index in [1.165, 1.54) is 5.56 Å². The lowest BCUT2D eigenvalue weighted by Gasteiger charge is -2.27. The summed E-state index contributed by atoms with van der Waals surface area (Å²) in [5, 5.41) is 0.662. The van der Waals surface area contributed by atoms with E-state index in [2.05, 4.69) is 28.9 Å². The molecule has 2 heterocycles. The van der Waals surface area contributed by atoms with Crippen LogP contribution in [0.1, 0.15) is 30.2 Å². The van der Waals surface area contributed by atoms with E-state index in [9.17, 15) is 4.79 Å². The Kier molecular flexibility index (Phi) is 5.97. The van der Waals surface area contributed by atoms with Gasteiger partial charge in [0, 0.05) is 36.6 Å². The number of halogens is 1. The fourth-order valence-electron chi connectivity index (χ4n) is 3.53. The average molecular weight is 410 g/mol. The van der Waals surface area contributed by atoms with E-state index in [-0.39, 0.29) is 5.56 Å². The Morgan fingerprint density at radius 2 is 1.90 bits per heavy atom. The third kappa shape index (κ3) is 4.69. The van der Waals surface area contributed by atoms with Gasteiger partial charge < -0.3 is 9.72 Å². The largest absolute Gasteiger partial charge is 0.494 e. The van der Waals surface area contributed by atoms with Gasteiger partial charge in [0.15, 0.2) is 0 Å². The first kappa shape index (κ1) is 19.7. The monoisotopic (exact) mass is 409 g/mol. The molecule has 4 rings (SSSR count). The molecule has 0 fully saturated rings. The zero-order chi connectivity index (χ0) is 20.2. The van der Waals surface area contributed by atoms with Gasteiger partial charge in [-0.15, -0.1) is 0 Å². The van der Waals surface area contributed by atoms with Crippen molar-refractivity contribution in [2.24, 2.45) is 0 Å². The average Bonchev–Trinajstić information content (AvgIpc) is 2.74. The summed E-state index contributed by atoms with van der Waals surface area (Å²) in [6.45, 7) is 5.10. The zero-order valence-electron chi connectivity index (χ0n) is 16.5. The summed E-state index contributed by atoms with van der Waals surface area (Å²) >= 11 is 5.95. The summed E-state index contributed by atoms with van der Waals surface area (Å²) in [5.74, 6) is 1.50. The highest BCUT2D eigenvalue weighted by Gasteiger charge is 2.21. The normalized spacial score (nSPS) is 13.9. The number of H-pyrrole nitrogens is 1. The Labute approximate surface area is 175 Å². The number of fused-ring (bicyclic) bond motifs is 1. The Morgan fingerprint density at radius 1 is 1.14 bits per heavy atom. The minimum absolute atomic E-state index is 0.0621. The van der Waals surface area contributed by atoms with Gasteiger partial charge in [0.2, 0.25) is 0 Å². The van der Waals surface area contributed by atoms with E-state index in [0.29, 0.717) is 17.4 Å². The van der Waals surface area contributed by atoms with Crippen LogP contribution in [0.5, 0.6) is 5.75 Å². The first-order chi connectivity index (χ1) is 14.1. The van der Waals surface area contributed by atoms with Gasteiger partial charge in [-0.2, -0.15) is 0 Å². The summed E-state index contributed by atoms with van der Waals surface area (Å²) in [5.41, 5.74) is 3.66. The maximum absolute atomic E-state index is 12.7. The number of rotatable bonds is 6. The van der Waals surface area contributed by atoms with Gasteiger partial charge in [-0.25, -0.2) is 4.98 Å². The van der Waals surface area contributed by atoms with Crippen LogP contribution >= 0.6 is 11.6 Å².